The van der Waals surface area contributed by atoms with Gasteiger partial charge in [0.2, 0.25) is 0 Å². The molecule has 4 atom stereocenters. The zero-order valence-corrected chi connectivity index (χ0v) is 15.2. The lowest BCUT2D eigenvalue weighted by atomic mass is 9.93. The molecular formula is C18H37NO4. The smallest absolute Gasteiger partial charge is 0.109 e. The number of rotatable bonds is 12. The summed E-state index contributed by atoms with van der Waals surface area (Å²) in [6.07, 6.45) is 5.03. The quantitative estimate of drug-likeness (QED) is 0.537. The first-order valence-corrected chi connectivity index (χ1v) is 9.45. The van der Waals surface area contributed by atoms with Gasteiger partial charge in [0.1, 0.15) is 12.2 Å². The van der Waals surface area contributed by atoms with Crippen LogP contribution >= 0.6 is 0 Å². The number of ether oxygens (including phenoxy) is 2. The Labute approximate surface area is 142 Å². The molecule has 1 saturated heterocycles. The molecule has 0 saturated carbocycles. The fraction of sp³-hybridized carbons (Fsp3) is 1.00. The van der Waals surface area contributed by atoms with E-state index in [4.69, 9.17) is 9.47 Å². The van der Waals surface area contributed by atoms with Crippen molar-refractivity contribution in [2.24, 2.45) is 0 Å². The van der Waals surface area contributed by atoms with Gasteiger partial charge in [0, 0.05) is 19.8 Å². The number of nitrogens with zero attached hydrogens (tertiary/aromatic N) is 1. The highest BCUT2D eigenvalue weighted by molar-refractivity contribution is 4.96. The highest BCUT2D eigenvalue weighted by Crippen LogP contribution is 2.24. The highest BCUT2D eigenvalue weighted by Gasteiger charge is 2.43. The molecule has 0 spiro atoms. The summed E-state index contributed by atoms with van der Waals surface area (Å²) >= 11 is 0. The molecule has 1 aliphatic heterocycles. The van der Waals surface area contributed by atoms with Gasteiger partial charge in [0.25, 0.3) is 0 Å². The van der Waals surface area contributed by atoms with Crippen molar-refractivity contribution in [1.29, 1.82) is 0 Å². The Morgan fingerprint density at radius 3 is 2.13 bits per heavy atom. The predicted molar refractivity (Wildman–Crippen MR) is 92.7 cm³/mol. The van der Waals surface area contributed by atoms with Crippen molar-refractivity contribution in [3.05, 3.63) is 0 Å². The van der Waals surface area contributed by atoms with Crippen LogP contribution in [-0.2, 0) is 9.47 Å². The van der Waals surface area contributed by atoms with Gasteiger partial charge in [-0.2, -0.15) is 0 Å². The van der Waals surface area contributed by atoms with Crippen LogP contribution < -0.4 is 0 Å². The molecule has 0 amide bonds. The van der Waals surface area contributed by atoms with Gasteiger partial charge in [0.05, 0.1) is 18.8 Å². The average molecular weight is 331 g/mol. The molecule has 0 unspecified atom stereocenters. The second-order valence-corrected chi connectivity index (χ2v) is 6.54. The van der Waals surface area contributed by atoms with Crippen LogP contribution in [0, 0.1) is 0 Å². The maximum Gasteiger partial charge on any atom is 0.109 e. The average Bonchev–Trinajstić information content (AvgIpc) is 2.56. The molecule has 1 heterocycles. The van der Waals surface area contributed by atoms with Gasteiger partial charge in [-0.05, 0) is 25.8 Å². The van der Waals surface area contributed by atoms with Crippen LogP contribution in [-0.4, -0.2) is 72.4 Å². The summed E-state index contributed by atoms with van der Waals surface area (Å²) in [4.78, 5) is 2.24. The number of unbranched alkanes of at least 4 members (excludes halogenated alkanes) is 3. The van der Waals surface area contributed by atoms with E-state index in [0.29, 0.717) is 19.8 Å². The second-order valence-electron chi connectivity index (χ2n) is 6.54. The summed E-state index contributed by atoms with van der Waals surface area (Å²) in [6.45, 7) is 9.31. The highest BCUT2D eigenvalue weighted by atomic mass is 16.5. The molecule has 0 aromatic rings. The molecule has 138 valence electrons. The van der Waals surface area contributed by atoms with Gasteiger partial charge >= 0.3 is 0 Å². The van der Waals surface area contributed by atoms with Crippen molar-refractivity contribution in [3.63, 3.8) is 0 Å². The third-order valence-electron chi connectivity index (χ3n) is 4.60. The molecule has 1 aliphatic rings. The van der Waals surface area contributed by atoms with Gasteiger partial charge in [-0.25, -0.2) is 0 Å². The largest absolute Gasteiger partial charge is 0.395 e. The number of aliphatic hydroxyl groups is 2. The standard InChI is InChI=1S/C18H37NO4/c1-4-7-10-19-13-16(22-11-8-5-2)17(21)18(15(19)14-20)23-12-9-6-3/h15-18,20-21H,4-14H2,1-3H3/t15-,16+,17-,18-/m1/s1. The van der Waals surface area contributed by atoms with E-state index in [0.717, 1.165) is 45.1 Å². The fourth-order valence-electron chi connectivity index (χ4n) is 3.06. The van der Waals surface area contributed by atoms with E-state index in [2.05, 4.69) is 25.7 Å². The van der Waals surface area contributed by atoms with E-state index >= 15 is 0 Å². The number of likely N-dealkylation sites (tertiary alicyclic amines) is 1. The van der Waals surface area contributed by atoms with Crippen LogP contribution in [0.25, 0.3) is 0 Å². The SMILES string of the molecule is CCCCO[C@H]1[C@H](O)[C@@H](OCCCC)CN(CCCC)[C@@H]1CO. The Balaban J connectivity index is 2.73. The summed E-state index contributed by atoms with van der Waals surface area (Å²) in [5.41, 5.74) is 0. The summed E-state index contributed by atoms with van der Waals surface area (Å²) in [5, 5.41) is 20.5. The Hall–Kier alpha value is -0.200. The normalized spacial score (nSPS) is 29.1. The molecule has 2 N–H and O–H groups in total. The third kappa shape index (κ3) is 6.67. The Morgan fingerprint density at radius 1 is 0.957 bits per heavy atom. The number of hydrogen-bond acceptors (Lipinski definition) is 5. The fourth-order valence-corrected chi connectivity index (χ4v) is 3.06. The van der Waals surface area contributed by atoms with E-state index in [-0.39, 0.29) is 24.9 Å². The predicted octanol–water partition coefficient (Wildman–Crippen LogP) is 2.19. The maximum atomic E-state index is 10.7. The van der Waals surface area contributed by atoms with E-state index in [1.54, 1.807) is 0 Å². The molecule has 0 aliphatic carbocycles. The van der Waals surface area contributed by atoms with Crippen LogP contribution in [0.2, 0.25) is 0 Å². The Bertz CT molecular complexity index is 290. The summed E-state index contributed by atoms with van der Waals surface area (Å²) < 4.78 is 11.9. The number of aliphatic hydroxyl groups excluding tert-OH is 2. The maximum absolute atomic E-state index is 10.7. The Morgan fingerprint density at radius 2 is 1.57 bits per heavy atom. The van der Waals surface area contributed by atoms with Crippen LogP contribution in [0.15, 0.2) is 0 Å². The van der Waals surface area contributed by atoms with Gasteiger partial charge in [-0.3, -0.25) is 4.90 Å². The van der Waals surface area contributed by atoms with Crippen molar-refractivity contribution < 1.29 is 19.7 Å². The van der Waals surface area contributed by atoms with Crippen molar-refractivity contribution in [2.75, 3.05) is 32.9 Å². The summed E-state index contributed by atoms with van der Waals surface area (Å²) in [7, 11) is 0. The number of hydrogen-bond donors (Lipinski definition) is 2. The lowest BCUT2D eigenvalue weighted by Crippen LogP contribution is -2.64. The van der Waals surface area contributed by atoms with Crippen LogP contribution in [0.5, 0.6) is 0 Å². The van der Waals surface area contributed by atoms with Crippen molar-refractivity contribution >= 4 is 0 Å². The number of piperidine rings is 1. The van der Waals surface area contributed by atoms with Crippen LogP contribution in [0.4, 0.5) is 0 Å². The van der Waals surface area contributed by atoms with E-state index in [9.17, 15) is 10.2 Å². The van der Waals surface area contributed by atoms with Crippen molar-refractivity contribution in [3.8, 4) is 0 Å². The molecule has 0 aromatic carbocycles. The molecule has 1 rings (SSSR count). The second kappa shape index (κ2) is 12.2. The lowest BCUT2D eigenvalue weighted by Gasteiger charge is -2.46. The zero-order valence-electron chi connectivity index (χ0n) is 15.2. The molecule has 0 bridgehead atoms. The zero-order chi connectivity index (χ0) is 17.1. The first kappa shape index (κ1) is 20.8. The summed E-state index contributed by atoms with van der Waals surface area (Å²) in [5.74, 6) is 0. The molecule has 23 heavy (non-hydrogen) atoms. The topological polar surface area (TPSA) is 62.2 Å². The van der Waals surface area contributed by atoms with Gasteiger partial charge < -0.3 is 19.7 Å². The molecule has 0 aromatic heterocycles. The molecule has 5 nitrogen and oxygen atoms in total. The first-order valence-electron chi connectivity index (χ1n) is 9.45. The van der Waals surface area contributed by atoms with Gasteiger partial charge in [-0.1, -0.05) is 40.0 Å². The Kier molecular flexibility index (Phi) is 11.1. The minimum Gasteiger partial charge on any atom is -0.395 e. The monoisotopic (exact) mass is 331 g/mol. The van der Waals surface area contributed by atoms with Crippen LogP contribution in [0.3, 0.4) is 0 Å². The minimum atomic E-state index is -0.668. The molecule has 1 fully saturated rings. The van der Waals surface area contributed by atoms with Crippen molar-refractivity contribution in [2.45, 2.75) is 83.6 Å². The minimum absolute atomic E-state index is 0.0131. The third-order valence-corrected chi connectivity index (χ3v) is 4.60. The van der Waals surface area contributed by atoms with Crippen molar-refractivity contribution in [1.82, 2.24) is 4.90 Å². The van der Waals surface area contributed by atoms with Gasteiger partial charge in [0.15, 0.2) is 0 Å². The lowest BCUT2D eigenvalue weighted by molar-refractivity contribution is -0.181. The molecule has 5 heteroatoms. The van der Waals surface area contributed by atoms with Crippen LogP contribution in [0.1, 0.15) is 59.3 Å². The van der Waals surface area contributed by atoms with E-state index < -0.39 is 6.10 Å². The van der Waals surface area contributed by atoms with E-state index in [1.807, 2.05) is 0 Å². The molecule has 0 radical (unpaired) electrons. The summed E-state index contributed by atoms with van der Waals surface area (Å²) in [6, 6.07) is -0.139. The first-order chi connectivity index (χ1) is 11.2. The van der Waals surface area contributed by atoms with Gasteiger partial charge in [-0.15, -0.1) is 0 Å². The van der Waals surface area contributed by atoms with E-state index in [1.165, 1.54) is 0 Å². The molecular weight excluding hydrogens is 294 g/mol.